The number of carbonyl (C=O) groups is 4. The van der Waals surface area contributed by atoms with Crippen LogP contribution in [-0.4, -0.2) is 108 Å². The van der Waals surface area contributed by atoms with Gasteiger partial charge in [0, 0.05) is 24.7 Å². The second kappa shape index (κ2) is 16.7. The van der Waals surface area contributed by atoms with E-state index >= 15 is 0 Å². The van der Waals surface area contributed by atoms with Gasteiger partial charge < -0.3 is 39.6 Å². The molecule has 1 unspecified atom stereocenters. The number of hydrogen-bond donors (Lipinski definition) is 3. The summed E-state index contributed by atoms with van der Waals surface area (Å²) in [6.07, 6.45) is 6.22. The van der Waals surface area contributed by atoms with Gasteiger partial charge in [-0.1, -0.05) is 71.0 Å². The zero-order chi connectivity index (χ0) is 46.2. The van der Waals surface area contributed by atoms with Crippen molar-refractivity contribution in [1.29, 1.82) is 0 Å². The normalized spacial score (nSPS) is 22.6. The van der Waals surface area contributed by atoms with E-state index in [9.17, 15) is 19.2 Å². The van der Waals surface area contributed by atoms with Crippen molar-refractivity contribution in [3.63, 3.8) is 0 Å². The van der Waals surface area contributed by atoms with Gasteiger partial charge in [-0.25, -0.2) is 14.6 Å². The molecule has 3 saturated heterocycles. The van der Waals surface area contributed by atoms with Gasteiger partial charge in [0.25, 0.3) is 0 Å². The molecule has 14 heteroatoms. The van der Waals surface area contributed by atoms with E-state index in [2.05, 4.69) is 77.1 Å². The van der Waals surface area contributed by atoms with Gasteiger partial charge in [-0.2, -0.15) is 0 Å². The summed E-state index contributed by atoms with van der Waals surface area (Å²) in [5.41, 5.74) is 12.0. The van der Waals surface area contributed by atoms with E-state index in [0.717, 1.165) is 78.1 Å². The second-order valence-electron chi connectivity index (χ2n) is 20.4. The molecule has 1 saturated carbocycles. The molecule has 3 N–H and O–H groups in total. The molecule has 5 heterocycles. The highest BCUT2D eigenvalue weighted by molar-refractivity contribution is 5.99. The molecule has 6 aliphatic rings. The average molecular weight is 896 g/mol. The Balaban J connectivity index is 0.909. The first-order chi connectivity index (χ1) is 31.7. The second-order valence-corrected chi connectivity index (χ2v) is 20.4. The van der Waals surface area contributed by atoms with Crippen molar-refractivity contribution in [3.05, 3.63) is 83.3 Å². The molecule has 0 bridgehead atoms. The molecular weight excluding hydrogens is 835 g/mol. The van der Waals surface area contributed by atoms with Crippen LogP contribution in [0.1, 0.15) is 95.3 Å². The summed E-state index contributed by atoms with van der Waals surface area (Å²) >= 11 is 0. The number of ether oxygens (including phenoxy) is 3. The van der Waals surface area contributed by atoms with Gasteiger partial charge in [-0.3, -0.25) is 14.6 Å². The third-order valence-electron chi connectivity index (χ3n) is 15.4. The fourth-order valence-electron chi connectivity index (χ4n) is 11.4. The highest BCUT2D eigenvalue weighted by Gasteiger charge is 2.55. The van der Waals surface area contributed by atoms with Crippen LogP contribution >= 0.6 is 0 Å². The maximum atomic E-state index is 14.1. The summed E-state index contributed by atoms with van der Waals surface area (Å²) < 4.78 is 15.7. The number of nitrogens with one attached hydrogen (secondary N) is 3. The topological polar surface area (TPSA) is 168 Å². The summed E-state index contributed by atoms with van der Waals surface area (Å²) in [6, 6.07) is 18.3. The molecule has 2 aliphatic carbocycles. The monoisotopic (exact) mass is 895 g/mol. The molecule has 346 valence electrons. The first-order valence-electron chi connectivity index (χ1n) is 23.7. The summed E-state index contributed by atoms with van der Waals surface area (Å²) in [7, 11) is 2.63. The molecule has 5 atom stereocenters. The minimum atomic E-state index is -0.699. The van der Waals surface area contributed by atoms with Gasteiger partial charge in [-0.05, 0) is 118 Å². The zero-order valence-corrected chi connectivity index (χ0v) is 39.0. The molecule has 3 aromatic carbocycles. The number of likely N-dealkylation sites (tertiary alicyclic amines) is 2. The van der Waals surface area contributed by atoms with Gasteiger partial charge in [-0.15, -0.1) is 0 Å². The lowest BCUT2D eigenvalue weighted by molar-refractivity contribution is -0.136. The fraction of sp³-hybridized carbons (Fsp3) is 0.500. The molecular formula is C52H61N7O7. The first-order valence-corrected chi connectivity index (χ1v) is 23.7. The van der Waals surface area contributed by atoms with Crippen LogP contribution in [-0.2, 0) is 35.6 Å². The number of aromatic amines is 1. The van der Waals surface area contributed by atoms with Crippen LogP contribution in [0.5, 0.6) is 0 Å². The largest absolute Gasteiger partial charge is 0.453 e. The fourth-order valence-corrected chi connectivity index (χ4v) is 11.4. The lowest BCUT2D eigenvalue weighted by Gasteiger charge is -2.40. The highest BCUT2D eigenvalue weighted by Crippen LogP contribution is 2.59. The van der Waals surface area contributed by atoms with Gasteiger partial charge in [0.15, 0.2) is 0 Å². The number of benzene rings is 3. The Hall–Kier alpha value is -6.02. The highest BCUT2D eigenvalue weighted by atomic mass is 16.5. The van der Waals surface area contributed by atoms with Crippen molar-refractivity contribution >= 4 is 35.4 Å². The molecule has 14 nitrogen and oxygen atoms in total. The van der Waals surface area contributed by atoms with Crippen molar-refractivity contribution in [2.75, 3.05) is 40.5 Å². The number of nitrogens with zero attached hydrogens (tertiary/aromatic N) is 4. The predicted octanol–water partition coefficient (Wildman–Crippen LogP) is 8.11. The summed E-state index contributed by atoms with van der Waals surface area (Å²) in [5, 5.41) is 5.54. The first kappa shape index (κ1) is 43.9. The Kier molecular flexibility index (Phi) is 11.1. The molecule has 4 fully saturated rings. The molecule has 4 aromatic rings. The lowest BCUT2D eigenvalue weighted by atomic mass is 9.75. The number of aliphatic imine (C=N–C) groups is 1. The van der Waals surface area contributed by atoms with Crippen molar-refractivity contribution in [2.24, 2.45) is 28.2 Å². The predicted molar refractivity (Wildman–Crippen MR) is 250 cm³/mol. The van der Waals surface area contributed by atoms with Gasteiger partial charge in [0.1, 0.15) is 17.9 Å². The van der Waals surface area contributed by atoms with Crippen molar-refractivity contribution in [2.45, 2.75) is 103 Å². The maximum absolute atomic E-state index is 14.1. The van der Waals surface area contributed by atoms with Crippen LogP contribution in [0, 0.1) is 23.2 Å². The molecule has 2 spiro atoms. The van der Waals surface area contributed by atoms with Crippen molar-refractivity contribution < 1.29 is 33.4 Å². The van der Waals surface area contributed by atoms with E-state index < -0.39 is 24.3 Å². The van der Waals surface area contributed by atoms with Crippen LogP contribution in [0.2, 0.25) is 0 Å². The minimum Gasteiger partial charge on any atom is -0.453 e. The standard InChI is InChI=1S/C52H61N7O7/c1-28(2)43(56-49(62)64-6)47(60)58-18-8-9-41(58)45-30(5)19-33-11-10-32(22-39(33)54-45)31-12-14-35-36-15-13-34(21-38(36)52(26-66-27-52)37(35)20-31)40-24-53-46(55-40)42-23-51(16-17-51)25-59(42)48(61)44(29(3)4)57-50(63)65-7/h10-15,20-22,24,28-30,41-44H,8-9,16-19,23,25-27H2,1-7H3,(H,53,55)(H,56,62)(H,57,63)/t30?,41-,42-,43-,44-/m0/s1. The molecule has 66 heavy (non-hydrogen) atoms. The van der Waals surface area contributed by atoms with Crippen LogP contribution < -0.4 is 10.6 Å². The number of amides is 4. The number of rotatable bonds is 10. The smallest absolute Gasteiger partial charge is 0.407 e. The van der Waals surface area contributed by atoms with Gasteiger partial charge in [0.2, 0.25) is 11.8 Å². The lowest BCUT2D eigenvalue weighted by Crippen LogP contribution is -2.54. The molecule has 0 radical (unpaired) electrons. The van der Waals surface area contributed by atoms with Crippen LogP contribution in [0.15, 0.2) is 65.8 Å². The van der Waals surface area contributed by atoms with E-state index in [4.69, 9.17) is 24.2 Å². The van der Waals surface area contributed by atoms with E-state index in [1.807, 2.05) is 43.7 Å². The molecule has 4 aliphatic heterocycles. The Morgan fingerprint density at radius 3 is 2.02 bits per heavy atom. The summed E-state index contributed by atoms with van der Waals surface area (Å²) in [4.78, 5) is 70.2. The summed E-state index contributed by atoms with van der Waals surface area (Å²) in [5.74, 6) is 0.507. The van der Waals surface area contributed by atoms with E-state index in [0.29, 0.717) is 26.3 Å². The maximum Gasteiger partial charge on any atom is 0.407 e. The minimum absolute atomic E-state index is 0.0930. The number of hydrogen-bond acceptors (Lipinski definition) is 9. The average Bonchev–Trinajstić information content (AvgIpc) is 3.71. The van der Waals surface area contributed by atoms with Crippen molar-refractivity contribution in [3.8, 4) is 33.5 Å². The summed E-state index contributed by atoms with van der Waals surface area (Å²) in [6.45, 7) is 12.4. The Morgan fingerprint density at radius 2 is 1.41 bits per heavy atom. The molecule has 4 amide bonds. The van der Waals surface area contributed by atoms with Crippen LogP contribution in [0.3, 0.4) is 0 Å². The Morgan fingerprint density at radius 1 is 0.803 bits per heavy atom. The third-order valence-corrected chi connectivity index (χ3v) is 15.4. The zero-order valence-electron chi connectivity index (χ0n) is 39.0. The Labute approximate surface area is 386 Å². The number of methoxy groups -OCH3 is 2. The number of imidazole rings is 1. The van der Waals surface area contributed by atoms with Crippen LogP contribution in [0.4, 0.5) is 15.3 Å². The van der Waals surface area contributed by atoms with Crippen LogP contribution in [0.25, 0.3) is 33.5 Å². The van der Waals surface area contributed by atoms with E-state index in [1.54, 1.807) is 0 Å². The SMILES string of the molecule is COC(=O)N[C@H](C(=O)N1CCC[C@H]1C1=Nc2cc(-c3ccc4c(c3)C3(COC3)c3cc(-c5cnc([C@@H]6CC7(CC7)CN6C(=O)[C@@H](NC(=O)OC)C(C)C)[nH]5)ccc3-4)ccc2CC1C)C(C)C. The van der Waals surface area contributed by atoms with Gasteiger partial charge >= 0.3 is 12.2 Å². The number of alkyl carbamates (subject to hydrolysis) is 2. The molecule has 1 aromatic heterocycles. The number of carbonyl (C=O) groups excluding carboxylic acids is 4. The van der Waals surface area contributed by atoms with Gasteiger partial charge in [0.05, 0.1) is 62.5 Å². The Bertz CT molecular complexity index is 2640. The van der Waals surface area contributed by atoms with E-state index in [1.165, 1.54) is 42.0 Å². The third kappa shape index (κ3) is 7.45. The molecule has 10 rings (SSSR count). The number of H-pyrrole nitrogens is 1. The van der Waals surface area contributed by atoms with E-state index in [-0.39, 0.29) is 52.5 Å². The number of fused-ring (bicyclic) bond motifs is 6. The number of aromatic nitrogens is 2. The quantitative estimate of drug-likeness (QED) is 0.144. The van der Waals surface area contributed by atoms with Crippen molar-refractivity contribution in [1.82, 2.24) is 30.4 Å².